The first-order valence-corrected chi connectivity index (χ1v) is 6.66. The molecule has 2 rings (SSSR count). The number of benzene rings is 1. The molecule has 0 aliphatic carbocycles. The molecule has 0 spiro atoms. The topological polar surface area (TPSA) is 24.5 Å². The number of rotatable bonds is 5. The van der Waals surface area contributed by atoms with Crippen LogP contribution in [0.3, 0.4) is 0 Å². The van der Waals surface area contributed by atoms with Crippen molar-refractivity contribution in [3.63, 3.8) is 0 Å². The summed E-state index contributed by atoms with van der Waals surface area (Å²) in [7, 11) is 6.01. The van der Waals surface area contributed by atoms with Crippen LogP contribution in [0.2, 0.25) is 0 Å². The molecule has 0 saturated carbocycles. The number of nitrogens with zero attached hydrogens (tertiary/aromatic N) is 1. The van der Waals surface area contributed by atoms with Gasteiger partial charge in [-0.1, -0.05) is 12.1 Å². The van der Waals surface area contributed by atoms with Gasteiger partial charge in [0, 0.05) is 12.1 Å². The molecule has 1 saturated heterocycles. The minimum absolute atomic E-state index is 0.248. The zero-order chi connectivity index (χ0) is 13.0. The summed E-state index contributed by atoms with van der Waals surface area (Å²) in [4.78, 5) is 2.28. The van der Waals surface area contributed by atoms with Crippen LogP contribution in [0.1, 0.15) is 18.4 Å². The highest BCUT2D eigenvalue weighted by molar-refractivity contribution is 5.28. The largest absolute Gasteiger partial charge is 0.497 e. The van der Waals surface area contributed by atoms with E-state index in [-0.39, 0.29) is 5.54 Å². The lowest BCUT2D eigenvalue weighted by Crippen LogP contribution is -2.49. The molecular weight excluding hydrogens is 224 g/mol. The van der Waals surface area contributed by atoms with E-state index in [1.54, 1.807) is 7.11 Å². The van der Waals surface area contributed by atoms with Gasteiger partial charge in [0.25, 0.3) is 0 Å². The minimum Gasteiger partial charge on any atom is -0.497 e. The van der Waals surface area contributed by atoms with Crippen LogP contribution in [0.25, 0.3) is 0 Å². The fourth-order valence-corrected chi connectivity index (χ4v) is 2.95. The quantitative estimate of drug-likeness (QED) is 0.861. The van der Waals surface area contributed by atoms with E-state index in [2.05, 4.69) is 36.4 Å². The second-order valence-electron chi connectivity index (χ2n) is 5.57. The summed E-state index contributed by atoms with van der Waals surface area (Å²) < 4.78 is 5.21. The van der Waals surface area contributed by atoms with Crippen LogP contribution in [-0.4, -0.2) is 44.7 Å². The van der Waals surface area contributed by atoms with Gasteiger partial charge in [-0.3, -0.25) is 0 Å². The SMILES string of the molecule is COc1ccc(CC2(CN(C)C)CCCN2)cc1. The maximum absolute atomic E-state index is 5.21. The van der Waals surface area contributed by atoms with Crippen LogP contribution in [0, 0.1) is 0 Å². The molecule has 1 fully saturated rings. The van der Waals surface area contributed by atoms with E-state index in [1.807, 2.05) is 12.1 Å². The lowest BCUT2D eigenvalue weighted by Gasteiger charge is -2.32. The molecule has 3 nitrogen and oxygen atoms in total. The predicted octanol–water partition coefficient (Wildman–Crippen LogP) is 1.92. The number of nitrogens with one attached hydrogen (secondary N) is 1. The number of likely N-dealkylation sites (N-methyl/N-ethyl adjacent to an activating group) is 1. The van der Waals surface area contributed by atoms with Crippen molar-refractivity contribution in [3.05, 3.63) is 29.8 Å². The Kier molecular flexibility index (Phi) is 4.25. The highest BCUT2D eigenvalue weighted by atomic mass is 16.5. The Labute approximate surface area is 110 Å². The van der Waals surface area contributed by atoms with Crippen LogP contribution in [-0.2, 0) is 6.42 Å². The van der Waals surface area contributed by atoms with Gasteiger partial charge in [0.15, 0.2) is 0 Å². The predicted molar refractivity (Wildman–Crippen MR) is 75.2 cm³/mol. The fraction of sp³-hybridized carbons (Fsp3) is 0.600. The van der Waals surface area contributed by atoms with Crippen LogP contribution < -0.4 is 10.1 Å². The lowest BCUT2D eigenvalue weighted by atomic mass is 9.89. The van der Waals surface area contributed by atoms with Gasteiger partial charge in [-0.2, -0.15) is 0 Å². The zero-order valence-electron chi connectivity index (χ0n) is 11.7. The van der Waals surface area contributed by atoms with E-state index in [4.69, 9.17) is 4.74 Å². The molecule has 1 unspecified atom stereocenters. The molecule has 0 radical (unpaired) electrons. The molecule has 0 bridgehead atoms. The van der Waals surface area contributed by atoms with Crippen LogP contribution >= 0.6 is 0 Å². The highest BCUT2D eigenvalue weighted by Gasteiger charge is 2.33. The number of methoxy groups -OCH3 is 1. The van der Waals surface area contributed by atoms with Gasteiger partial charge in [-0.05, 0) is 57.6 Å². The number of hydrogen-bond acceptors (Lipinski definition) is 3. The van der Waals surface area contributed by atoms with Gasteiger partial charge in [0.2, 0.25) is 0 Å². The van der Waals surface area contributed by atoms with Crippen molar-refractivity contribution in [2.45, 2.75) is 24.8 Å². The van der Waals surface area contributed by atoms with E-state index in [0.29, 0.717) is 0 Å². The Morgan fingerprint density at radius 2 is 2.00 bits per heavy atom. The number of hydrogen-bond donors (Lipinski definition) is 1. The van der Waals surface area contributed by atoms with Crippen molar-refractivity contribution >= 4 is 0 Å². The van der Waals surface area contributed by atoms with Crippen molar-refractivity contribution in [1.29, 1.82) is 0 Å². The summed E-state index contributed by atoms with van der Waals surface area (Å²) in [5, 5.41) is 3.71. The van der Waals surface area contributed by atoms with Gasteiger partial charge >= 0.3 is 0 Å². The molecule has 1 aliphatic heterocycles. The highest BCUT2D eigenvalue weighted by Crippen LogP contribution is 2.25. The van der Waals surface area contributed by atoms with Gasteiger partial charge < -0.3 is 15.0 Å². The van der Waals surface area contributed by atoms with Crippen molar-refractivity contribution in [3.8, 4) is 5.75 Å². The van der Waals surface area contributed by atoms with Crippen molar-refractivity contribution in [1.82, 2.24) is 10.2 Å². The molecule has 1 heterocycles. The third kappa shape index (κ3) is 3.24. The zero-order valence-corrected chi connectivity index (χ0v) is 11.7. The van der Waals surface area contributed by atoms with E-state index in [1.165, 1.54) is 18.4 Å². The molecule has 18 heavy (non-hydrogen) atoms. The van der Waals surface area contributed by atoms with Crippen LogP contribution in [0.15, 0.2) is 24.3 Å². The second kappa shape index (κ2) is 5.72. The first kappa shape index (κ1) is 13.4. The molecule has 0 amide bonds. The molecule has 1 atom stereocenters. The van der Waals surface area contributed by atoms with Crippen molar-refractivity contribution < 1.29 is 4.74 Å². The van der Waals surface area contributed by atoms with E-state index in [9.17, 15) is 0 Å². The Hall–Kier alpha value is -1.06. The van der Waals surface area contributed by atoms with Gasteiger partial charge in [0.1, 0.15) is 5.75 Å². The molecule has 3 heteroatoms. The van der Waals surface area contributed by atoms with Crippen LogP contribution in [0.5, 0.6) is 5.75 Å². The van der Waals surface area contributed by atoms with E-state index >= 15 is 0 Å². The molecule has 1 aromatic carbocycles. The van der Waals surface area contributed by atoms with E-state index < -0.39 is 0 Å². The average Bonchev–Trinajstić information content (AvgIpc) is 2.77. The minimum atomic E-state index is 0.248. The standard InChI is InChI=1S/C15H24N2O/c1-17(2)12-15(9-4-10-16-15)11-13-5-7-14(18-3)8-6-13/h5-8,16H,4,9-12H2,1-3H3. The summed E-state index contributed by atoms with van der Waals surface area (Å²) in [6, 6.07) is 8.45. The molecule has 1 aromatic rings. The smallest absolute Gasteiger partial charge is 0.118 e. The van der Waals surface area contributed by atoms with E-state index in [0.717, 1.165) is 25.3 Å². The maximum atomic E-state index is 5.21. The monoisotopic (exact) mass is 248 g/mol. The molecular formula is C15H24N2O. The fourth-order valence-electron chi connectivity index (χ4n) is 2.95. The third-order valence-corrected chi connectivity index (χ3v) is 3.65. The third-order valence-electron chi connectivity index (χ3n) is 3.65. The normalized spacial score (nSPS) is 23.6. The Morgan fingerprint density at radius 1 is 1.28 bits per heavy atom. The first-order valence-electron chi connectivity index (χ1n) is 6.66. The lowest BCUT2D eigenvalue weighted by molar-refractivity contribution is 0.255. The Morgan fingerprint density at radius 3 is 2.50 bits per heavy atom. The molecule has 100 valence electrons. The summed E-state index contributed by atoms with van der Waals surface area (Å²) in [6.45, 7) is 2.24. The van der Waals surface area contributed by atoms with Crippen molar-refractivity contribution in [2.24, 2.45) is 0 Å². The number of ether oxygens (including phenoxy) is 1. The van der Waals surface area contributed by atoms with Crippen molar-refractivity contribution in [2.75, 3.05) is 34.3 Å². The second-order valence-corrected chi connectivity index (χ2v) is 5.57. The summed E-state index contributed by atoms with van der Waals surface area (Å²) in [6.07, 6.45) is 3.64. The van der Waals surface area contributed by atoms with Crippen LogP contribution in [0.4, 0.5) is 0 Å². The Balaban J connectivity index is 2.08. The summed E-state index contributed by atoms with van der Waals surface area (Å²) in [5.41, 5.74) is 1.63. The maximum Gasteiger partial charge on any atom is 0.118 e. The summed E-state index contributed by atoms with van der Waals surface area (Å²) >= 11 is 0. The van der Waals surface area contributed by atoms with Gasteiger partial charge in [0.05, 0.1) is 7.11 Å². The average molecular weight is 248 g/mol. The molecule has 1 N–H and O–H groups in total. The van der Waals surface area contributed by atoms with Gasteiger partial charge in [-0.25, -0.2) is 0 Å². The van der Waals surface area contributed by atoms with Gasteiger partial charge in [-0.15, -0.1) is 0 Å². The Bertz CT molecular complexity index is 367. The first-order chi connectivity index (χ1) is 8.63. The molecule has 1 aliphatic rings. The molecule has 0 aromatic heterocycles. The summed E-state index contributed by atoms with van der Waals surface area (Å²) in [5.74, 6) is 0.930.